The summed E-state index contributed by atoms with van der Waals surface area (Å²) < 4.78 is 71.2. The lowest BCUT2D eigenvalue weighted by atomic mass is 10.0. The van der Waals surface area contributed by atoms with Gasteiger partial charge >= 0.3 is 6.18 Å². The number of hydrogen-bond acceptors (Lipinski definition) is 3. The van der Waals surface area contributed by atoms with Crippen LogP contribution in [0.5, 0.6) is 5.75 Å². The summed E-state index contributed by atoms with van der Waals surface area (Å²) in [6.45, 7) is 0.326. The van der Waals surface area contributed by atoms with Crippen LogP contribution in [-0.2, 0) is 16.2 Å². The van der Waals surface area contributed by atoms with Gasteiger partial charge in [0.05, 0.1) is 23.1 Å². The van der Waals surface area contributed by atoms with Gasteiger partial charge in [0.25, 0.3) is 0 Å². The largest absolute Gasteiger partial charge is 0.493 e. The van der Waals surface area contributed by atoms with Crippen LogP contribution < -0.4 is 9.46 Å². The minimum Gasteiger partial charge on any atom is -0.493 e. The van der Waals surface area contributed by atoms with E-state index in [0.717, 1.165) is 18.2 Å². The van der Waals surface area contributed by atoms with Crippen molar-refractivity contribution in [2.45, 2.75) is 23.5 Å². The van der Waals surface area contributed by atoms with Gasteiger partial charge in [0, 0.05) is 12.0 Å². The van der Waals surface area contributed by atoms with Gasteiger partial charge in [-0.3, -0.25) is 0 Å². The van der Waals surface area contributed by atoms with Crippen LogP contribution in [0, 0.1) is 0 Å². The van der Waals surface area contributed by atoms with Gasteiger partial charge < -0.3 is 4.74 Å². The normalized spacial score (nSPS) is 17.9. The Balaban J connectivity index is 1.91. The van der Waals surface area contributed by atoms with Gasteiger partial charge in [-0.2, -0.15) is 13.2 Å². The molecule has 4 nitrogen and oxygen atoms in total. The van der Waals surface area contributed by atoms with E-state index < -0.39 is 32.7 Å². The Morgan fingerprint density at radius 3 is 2.58 bits per heavy atom. The predicted molar refractivity (Wildman–Crippen MR) is 81.1 cm³/mol. The van der Waals surface area contributed by atoms with Crippen molar-refractivity contribution in [1.82, 2.24) is 4.72 Å². The van der Waals surface area contributed by atoms with Gasteiger partial charge in [-0.25, -0.2) is 13.1 Å². The minimum atomic E-state index is -4.60. The lowest BCUT2D eigenvalue weighted by Crippen LogP contribution is -2.32. The fourth-order valence-corrected chi connectivity index (χ4v) is 3.85. The van der Waals surface area contributed by atoms with Crippen LogP contribution in [0.25, 0.3) is 0 Å². The molecule has 1 N–H and O–H groups in total. The van der Waals surface area contributed by atoms with E-state index in [1.165, 1.54) is 0 Å². The summed E-state index contributed by atoms with van der Waals surface area (Å²) >= 11 is 0. The van der Waals surface area contributed by atoms with E-state index >= 15 is 0 Å². The molecule has 0 saturated heterocycles. The summed E-state index contributed by atoms with van der Waals surface area (Å²) in [5.41, 5.74) is -0.336. The molecule has 2 aromatic carbocycles. The smallest absolute Gasteiger partial charge is 0.416 e. The van der Waals surface area contributed by atoms with Crippen molar-refractivity contribution in [2.24, 2.45) is 0 Å². The SMILES string of the molecule is O=S(=O)(NC1CCOc2ccccc21)c1cccc(C(F)(F)F)c1. The molecule has 3 rings (SSSR count). The summed E-state index contributed by atoms with van der Waals surface area (Å²) in [4.78, 5) is -0.415. The Bertz CT molecular complexity index is 850. The first kappa shape index (κ1) is 16.8. The molecule has 1 atom stereocenters. The highest BCUT2D eigenvalue weighted by Crippen LogP contribution is 2.34. The maximum atomic E-state index is 12.8. The number of para-hydroxylation sites is 1. The highest BCUT2D eigenvalue weighted by atomic mass is 32.2. The van der Waals surface area contributed by atoms with Crippen LogP contribution >= 0.6 is 0 Å². The summed E-state index contributed by atoms with van der Waals surface area (Å²) in [6.07, 6.45) is -4.20. The molecule has 0 bridgehead atoms. The van der Waals surface area contributed by atoms with Crippen LogP contribution in [0.4, 0.5) is 13.2 Å². The maximum absolute atomic E-state index is 12.8. The third-order valence-corrected chi connectivity index (χ3v) is 5.20. The first-order chi connectivity index (χ1) is 11.3. The lowest BCUT2D eigenvalue weighted by molar-refractivity contribution is -0.137. The van der Waals surface area contributed by atoms with Gasteiger partial charge in [0.1, 0.15) is 5.75 Å². The van der Waals surface area contributed by atoms with E-state index in [1.807, 2.05) is 0 Å². The zero-order valence-electron chi connectivity index (χ0n) is 12.4. The molecule has 1 aliphatic heterocycles. The molecule has 1 unspecified atom stereocenters. The number of ether oxygens (including phenoxy) is 1. The third-order valence-electron chi connectivity index (χ3n) is 3.73. The first-order valence-electron chi connectivity index (χ1n) is 7.19. The Morgan fingerprint density at radius 1 is 1.08 bits per heavy atom. The van der Waals surface area contributed by atoms with E-state index in [4.69, 9.17) is 4.74 Å². The van der Waals surface area contributed by atoms with Crippen LogP contribution in [0.2, 0.25) is 0 Å². The number of sulfonamides is 1. The molecule has 0 aromatic heterocycles. The molecule has 1 aliphatic rings. The van der Waals surface area contributed by atoms with Gasteiger partial charge in [-0.1, -0.05) is 24.3 Å². The first-order valence-corrected chi connectivity index (χ1v) is 8.67. The quantitative estimate of drug-likeness (QED) is 0.915. The fourth-order valence-electron chi connectivity index (χ4n) is 2.56. The van der Waals surface area contributed by atoms with Crippen molar-refractivity contribution in [1.29, 1.82) is 0 Å². The maximum Gasteiger partial charge on any atom is 0.416 e. The van der Waals surface area contributed by atoms with Crippen molar-refractivity contribution < 1.29 is 26.3 Å². The van der Waals surface area contributed by atoms with Crippen LogP contribution in [0.3, 0.4) is 0 Å². The van der Waals surface area contributed by atoms with Crippen LogP contribution in [0.1, 0.15) is 23.6 Å². The van der Waals surface area contributed by atoms with Crippen molar-refractivity contribution >= 4 is 10.0 Å². The highest BCUT2D eigenvalue weighted by molar-refractivity contribution is 7.89. The van der Waals surface area contributed by atoms with E-state index in [9.17, 15) is 21.6 Å². The average molecular weight is 357 g/mol. The molecule has 0 spiro atoms. The summed E-state index contributed by atoms with van der Waals surface area (Å²) in [5.74, 6) is 0.570. The topological polar surface area (TPSA) is 55.4 Å². The Kier molecular flexibility index (Phi) is 4.27. The van der Waals surface area contributed by atoms with Crippen molar-refractivity contribution in [3.8, 4) is 5.75 Å². The molecule has 24 heavy (non-hydrogen) atoms. The molecule has 8 heteroatoms. The standard InChI is InChI=1S/C16H14F3NO3S/c17-16(18,19)11-4-3-5-12(10-11)24(21,22)20-14-8-9-23-15-7-2-1-6-13(14)15/h1-7,10,14,20H,8-9H2. The third kappa shape index (κ3) is 3.39. The summed E-state index contributed by atoms with van der Waals surface area (Å²) in [6, 6.07) is 10.1. The zero-order chi connectivity index (χ0) is 17.4. The predicted octanol–water partition coefficient (Wildman–Crippen LogP) is 3.51. The van der Waals surface area contributed by atoms with Gasteiger partial charge in [-0.05, 0) is 24.3 Å². The number of benzene rings is 2. The second kappa shape index (κ2) is 6.10. The number of rotatable bonds is 3. The van der Waals surface area contributed by atoms with Gasteiger partial charge in [0.15, 0.2) is 0 Å². The van der Waals surface area contributed by atoms with E-state index in [1.54, 1.807) is 24.3 Å². The van der Waals surface area contributed by atoms with Crippen LogP contribution in [-0.4, -0.2) is 15.0 Å². The fraction of sp³-hybridized carbons (Fsp3) is 0.250. The number of alkyl halides is 3. The minimum absolute atomic E-state index is 0.326. The average Bonchev–Trinajstić information content (AvgIpc) is 2.54. The van der Waals surface area contributed by atoms with Gasteiger partial charge in [-0.15, -0.1) is 0 Å². The summed E-state index contributed by atoms with van der Waals surface area (Å²) in [7, 11) is -4.09. The second-order valence-corrected chi connectivity index (χ2v) is 7.09. The molecule has 128 valence electrons. The van der Waals surface area contributed by atoms with Crippen LogP contribution in [0.15, 0.2) is 53.4 Å². The molecule has 2 aromatic rings. The molecular weight excluding hydrogens is 343 g/mol. The monoisotopic (exact) mass is 357 g/mol. The van der Waals surface area contributed by atoms with E-state index in [2.05, 4.69) is 4.72 Å². The van der Waals surface area contributed by atoms with Crippen molar-refractivity contribution in [2.75, 3.05) is 6.61 Å². The highest BCUT2D eigenvalue weighted by Gasteiger charge is 2.32. The molecule has 0 radical (unpaired) electrons. The molecule has 0 amide bonds. The number of halogens is 3. The van der Waals surface area contributed by atoms with E-state index in [0.29, 0.717) is 30.4 Å². The molecule has 0 fully saturated rings. The number of hydrogen-bond donors (Lipinski definition) is 1. The van der Waals surface area contributed by atoms with Crippen molar-refractivity contribution in [3.05, 3.63) is 59.7 Å². The molecule has 0 saturated carbocycles. The summed E-state index contributed by atoms with van der Waals surface area (Å²) in [5, 5.41) is 0. The van der Waals surface area contributed by atoms with Crippen molar-refractivity contribution in [3.63, 3.8) is 0 Å². The van der Waals surface area contributed by atoms with E-state index in [-0.39, 0.29) is 0 Å². The number of fused-ring (bicyclic) bond motifs is 1. The van der Waals surface area contributed by atoms with Gasteiger partial charge in [0.2, 0.25) is 10.0 Å². The zero-order valence-corrected chi connectivity index (χ0v) is 13.2. The lowest BCUT2D eigenvalue weighted by Gasteiger charge is -2.26. The molecule has 0 aliphatic carbocycles. The number of nitrogens with one attached hydrogen (secondary N) is 1. The molecular formula is C16H14F3NO3S. The Hall–Kier alpha value is -2.06. The molecule has 1 heterocycles. The Labute approximate surface area is 137 Å². The second-order valence-electron chi connectivity index (χ2n) is 5.37. The Morgan fingerprint density at radius 2 is 1.83 bits per heavy atom.